The number of nitrogens with one attached hydrogen (secondary N) is 1. The lowest BCUT2D eigenvalue weighted by atomic mass is 10.2. The van der Waals surface area contributed by atoms with Gasteiger partial charge in [-0.1, -0.05) is 24.3 Å². The number of carbonyl (C=O) groups is 2. The van der Waals surface area contributed by atoms with E-state index in [-0.39, 0.29) is 0 Å². The van der Waals surface area contributed by atoms with Crippen molar-refractivity contribution in [1.29, 1.82) is 0 Å². The fourth-order valence-corrected chi connectivity index (χ4v) is 1.89. The number of esters is 1. The fourth-order valence-electron chi connectivity index (χ4n) is 1.89. The van der Waals surface area contributed by atoms with Gasteiger partial charge in [0.1, 0.15) is 11.6 Å². The summed E-state index contributed by atoms with van der Waals surface area (Å²) in [5, 5.41) is 2.58. The van der Waals surface area contributed by atoms with Crippen molar-refractivity contribution in [2.45, 2.75) is 0 Å². The van der Waals surface area contributed by atoms with Crippen LogP contribution in [0.2, 0.25) is 0 Å². The van der Waals surface area contributed by atoms with Gasteiger partial charge in [-0.3, -0.25) is 4.79 Å². The molecule has 5 nitrogen and oxygen atoms in total. The van der Waals surface area contributed by atoms with Crippen molar-refractivity contribution < 1.29 is 23.5 Å². The van der Waals surface area contributed by atoms with Gasteiger partial charge < -0.3 is 14.8 Å². The highest BCUT2D eigenvalue weighted by Crippen LogP contribution is 2.22. The summed E-state index contributed by atoms with van der Waals surface area (Å²) in [4.78, 5) is 23.4. The molecule has 0 aliphatic carbocycles. The number of amides is 1. The van der Waals surface area contributed by atoms with Gasteiger partial charge in [-0.2, -0.15) is 0 Å². The van der Waals surface area contributed by atoms with E-state index in [1.54, 1.807) is 30.3 Å². The molecular formula is C18H16FNO4. The molecule has 0 saturated heterocycles. The number of para-hydroxylation sites is 2. The van der Waals surface area contributed by atoms with E-state index in [0.717, 1.165) is 6.08 Å². The van der Waals surface area contributed by atoms with E-state index in [1.165, 1.54) is 31.4 Å². The highest BCUT2D eigenvalue weighted by Gasteiger charge is 2.08. The highest BCUT2D eigenvalue weighted by atomic mass is 19.1. The third-order valence-corrected chi connectivity index (χ3v) is 2.99. The van der Waals surface area contributed by atoms with E-state index < -0.39 is 24.3 Å². The van der Waals surface area contributed by atoms with Gasteiger partial charge in [0.05, 0.1) is 12.8 Å². The third kappa shape index (κ3) is 5.24. The minimum absolute atomic E-state index is 0.401. The summed E-state index contributed by atoms with van der Waals surface area (Å²) in [5.74, 6) is -1.09. The molecule has 0 unspecified atom stereocenters. The number of ether oxygens (including phenoxy) is 2. The molecule has 2 aromatic carbocycles. The molecule has 0 aliphatic heterocycles. The second kappa shape index (κ2) is 8.47. The SMILES string of the molecule is COc1ccccc1NC(=O)COC(=O)/C=C/c1cccc(F)c1. The largest absolute Gasteiger partial charge is 0.495 e. The van der Waals surface area contributed by atoms with Gasteiger partial charge >= 0.3 is 5.97 Å². The Bertz CT molecular complexity index is 758. The minimum Gasteiger partial charge on any atom is -0.495 e. The molecule has 0 heterocycles. The Balaban J connectivity index is 1.84. The molecule has 1 amide bonds. The third-order valence-electron chi connectivity index (χ3n) is 2.99. The van der Waals surface area contributed by atoms with E-state index in [0.29, 0.717) is 17.0 Å². The number of benzene rings is 2. The number of rotatable bonds is 6. The molecule has 1 N–H and O–H groups in total. The molecule has 24 heavy (non-hydrogen) atoms. The van der Waals surface area contributed by atoms with Crippen molar-refractivity contribution >= 4 is 23.6 Å². The van der Waals surface area contributed by atoms with Gasteiger partial charge in [-0.05, 0) is 35.9 Å². The molecule has 2 rings (SSSR count). The van der Waals surface area contributed by atoms with Crippen LogP contribution in [-0.4, -0.2) is 25.6 Å². The van der Waals surface area contributed by atoms with E-state index in [4.69, 9.17) is 9.47 Å². The summed E-state index contributed by atoms with van der Waals surface area (Å²) in [5.41, 5.74) is 1.00. The standard InChI is InChI=1S/C18H16FNO4/c1-23-16-8-3-2-7-15(16)20-17(21)12-24-18(22)10-9-13-5-4-6-14(19)11-13/h2-11H,12H2,1H3,(H,20,21)/b10-9+. The van der Waals surface area contributed by atoms with E-state index >= 15 is 0 Å². The van der Waals surface area contributed by atoms with Crippen LogP contribution in [0, 0.1) is 5.82 Å². The number of hydrogen-bond acceptors (Lipinski definition) is 4. The second-order valence-electron chi connectivity index (χ2n) is 4.74. The summed E-state index contributed by atoms with van der Waals surface area (Å²) < 4.78 is 22.9. The van der Waals surface area contributed by atoms with Crippen molar-refractivity contribution in [2.75, 3.05) is 19.0 Å². The average Bonchev–Trinajstić information content (AvgIpc) is 2.58. The maximum Gasteiger partial charge on any atom is 0.331 e. The normalized spacial score (nSPS) is 10.4. The van der Waals surface area contributed by atoms with Gasteiger partial charge in [0, 0.05) is 6.08 Å². The van der Waals surface area contributed by atoms with Crippen LogP contribution < -0.4 is 10.1 Å². The topological polar surface area (TPSA) is 64.6 Å². The lowest BCUT2D eigenvalue weighted by molar-refractivity contribution is -0.142. The van der Waals surface area contributed by atoms with Crippen LogP contribution in [0.25, 0.3) is 6.08 Å². The van der Waals surface area contributed by atoms with Crippen LogP contribution in [0.5, 0.6) is 5.75 Å². The first kappa shape index (κ1) is 17.2. The van der Waals surface area contributed by atoms with Gasteiger partial charge in [0.25, 0.3) is 5.91 Å². The zero-order valence-corrected chi connectivity index (χ0v) is 13.0. The number of halogens is 1. The molecule has 0 spiro atoms. The molecule has 124 valence electrons. The first-order valence-electron chi connectivity index (χ1n) is 7.12. The summed E-state index contributed by atoms with van der Waals surface area (Å²) in [6.45, 7) is -0.440. The quantitative estimate of drug-likeness (QED) is 0.653. The molecule has 0 bridgehead atoms. The van der Waals surface area contributed by atoms with Crippen molar-refractivity contribution in [3.05, 3.63) is 66.0 Å². The lowest BCUT2D eigenvalue weighted by Crippen LogP contribution is -2.20. The minimum atomic E-state index is -0.700. The van der Waals surface area contributed by atoms with Gasteiger partial charge in [0.15, 0.2) is 6.61 Å². The van der Waals surface area contributed by atoms with Gasteiger partial charge in [-0.15, -0.1) is 0 Å². The Hall–Kier alpha value is -3.15. The number of anilines is 1. The van der Waals surface area contributed by atoms with Crippen LogP contribution in [0.3, 0.4) is 0 Å². The van der Waals surface area contributed by atoms with Crippen LogP contribution in [0.15, 0.2) is 54.6 Å². The molecule has 0 radical (unpaired) electrons. The Morgan fingerprint density at radius 3 is 2.71 bits per heavy atom. The van der Waals surface area contributed by atoms with Crippen LogP contribution in [0.4, 0.5) is 10.1 Å². The Morgan fingerprint density at radius 1 is 1.17 bits per heavy atom. The molecule has 0 atom stereocenters. The van der Waals surface area contributed by atoms with E-state index in [2.05, 4.69) is 5.32 Å². The molecule has 6 heteroatoms. The summed E-state index contributed by atoms with van der Waals surface area (Å²) in [7, 11) is 1.49. The van der Waals surface area contributed by atoms with E-state index in [1.807, 2.05) is 0 Å². The predicted octanol–water partition coefficient (Wildman–Crippen LogP) is 3.03. The van der Waals surface area contributed by atoms with Gasteiger partial charge in [-0.25, -0.2) is 9.18 Å². The Kier molecular flexibility index (Phi) is 6.08. The first-order chi connectivity index (χ1) is 11.6. The molecule has 2 aromatic rings. The smallest absolute Gasteiger partial charge is 0.331 e. The predicted molar refractivity (Wildman–Crippen MR) is 88.0 cm³/mol. The zero-order chi connectivity index (χ0) is 17.4. The first-order valence-corrected chi connectivity index (χ1v) is 7.12. The Morgan fingerprint density at radius 2 is 1.96 bits per heavy atom. The summed E-state index contributed by atoms with van der Waals surface area (Å²) in [6, 6.07) is 12.6. The number of methoxy groups -OCH3 is 1. The van der Waals surface area contributed by atoms with Crippen LogP contribution in [0.1, 0.15) is 5.56 Å². The maximum atomic E-state index is 13.0. The van der Waals surface area contributed by atoms with Crippen LogP contribution >= 0.6 is 0 Å². The second-order valence-corrected chi connectivity index (χ2v) is 4.74. The number of hydrogen-bond donors (Lipinski definition) is 1. The van der Waals surface area contributed by atoms with Crippen molar-refractivity contribution in [1.82, 2.24) is 0 Å². The number of carbonyl (C=O) groups excluding carboxylic acids is 2. The average molecular weight is 329 g/mol. The summed E-state index contributed by atoms with van der Waals surface area (Å²) in [6.07, 6.45) is 2.54. The lowest BCUT2D eigenvalue weighted by Gasteiger charge is -2.09. The zero-order valence-electron chi connectivity index (χ0n) is 13.0. The molecule has 0 saturated carbocycles. The van der Waals surface area contributed by atoms with Crippen LogP contribution in [-0.2, 0) is 14.3 Å². The highest BCUT2D eigenvalue weighted by molar-refractivity contribution is 5.95. The van der Waals surface area contributed by atoms with Crippen molar-refractivity contribution in [3.8, 4) is 5.75 Å². The maximum absolute atomic E-state index is 13.0. The molecule has 0 aliphatic rings. The fraction of sp³-hybridized carbons (Fsp3) is 0.111. The molecule has 0 fully saturated rings. The summed E-state index contributed by atoms with van der Waals surface area (Å²) >= 11 is 0. The Labute approximate surface area is 138 Å². The van der Waals surface area contributed by atoms with Crippen molar-refractivity contribution in [2.24, 2.45) is 0 Å². The molecular weight excluding hydrogens is 313 g/mol. The molecule has 0 aromatic heterocycles. The van der Waals surface area contributed by atoms with Crippen molar-refractivity contribution in [3.63, 3.8) is 0 Å². The van der Waals surface area contributed by atoms with E-state index in [9.17, 15) is 14.0 Å². The van der Waals surface area contributed by atoms with Gasteiger partial charge in [0.2, 0.25) is 0 Å². The monoisotopic (exact) mass is 329 g/mol.